The molecule has 2 aromatic heterocycles. The lowest BCUT2D eigenvalue weighted by Gasteiger charge is -2.37. The van der Waals surface area contributed by atoms with Gasteiger partial charge in [-0.2, -0.15) is 5.26 Å². The Labute approximate surface area is 291 Å². The van der Waals surface area contributed by atoms with Crippen LogP contribution in [0.1, 0.15) is 55.7 Å². The molecule has 2 aliphatic rings. The molecule has 240 valence electrons. The molecule has 0 aliphatic heterocycles. The number of nitriles is 1. The Balaban J connectivity index is 1.12. The van der Waals surface area contributed by atoms with Gasteiger partial charge < -0.3 is 4.42 Å². The minimum Gasteiger partial charge on any atom is -0.453 e. The van der Waals surface area contributed by atoms with Gasteiger partial charge in [-0.1, -0.05) is 117 Å². The van der Waals surface area contributed by atoms with Gasteiger partial charge in [0.15, 0.2) is 11.4 Å². The van der Waals surface area contributed by atoms with Gasteiger partial charge in [0.1, 0.15) is 16.6 Å². The third-order valence-electron chi connectivity index (χ3n) is 10.9. The first-order chi connectivity index (χ1) is 24.6. The Morgan fingerprint density at radius 2 is 1.38 bits per heavy atom. The fourth-order valence-corrected chi connectivity index (χ4v) is 8.52. The standard InChI is InChI=1S/C46H35N3O/c1-3-36-29(2)50-44-42(48-45(49-43(36)44)33-19-17-30(28-47)18-20-33)35-12-9-11-34(27-35)31-21-23-32(24-22-31)37-14-10-15-39-38-13-5-6-16-40(38)46(41(37)39)25-7-4-8-26-46/h3,5-6,9-24,27H,2,4,7-8,25-26H2,1H3/b36-3+. The van der Waals surface area contributed by atoms with Crippen molar-refractivity contribution < 1.29 is 4.42 Å². The van der Waals surface area contributed by atoms with Crippen LogP contribution >= 0.6 is 0 Å². The lowest BCUT2D eigenvalue weighted by atomic mass is 9.66. The highest BCUT2D eigenvalue weighted by molar-refractivity contribution is 5.92. The highest BCUT2D eigenvalue weighted by atomic mass is 16.3. The number of furan rings is 1. The van der Waals surface area contributed by atoms with E-state index in [1.807, 2.05) is 25.1 Å². The summed E-state index contributed by atoms with van der Waals surface area (Å²) < 4.78 is 6.21. The minimum absolute atomic E-state index is 0.0996. The molecule has 0 bridgehead atoms. The number of nitrogens with zero attached hydrogens (tertiary/aromatic N) is 3. The summed E-state index contributed by atoms with van der Waals surface area (Å²) in [6, 6.07) is 43.0. The van der Waals surface area contributed by atoms with Gasteiger partial charge in [0.05, 0.1) is 11.6 Å². The predicted octanol–water partition coefficient (Wildman–Crippen LogP) is 10.2. The van der Waals surface area contributed by atoms with Crippen molar-refractivity contribution in [2.24, 2.45) is 0 Å². The molecule has 2 heterocycles. The van der Waals surface area contributed by atoms with E-state index in [1.165, 1.54) is 65.5 Å². The Hall–Kier alpha value is -6.05. The van der Waals surface area contributed by atoms with E-state index in [4.69, 9.17) is 14.4 Å². The Morgan fingerprint density at radius 3 is 2.16 bits per heavy atom. The third kappa shape index (κ3) is 4.65. The molecular weight excluding hydrogens is 611 g/mol. The van der Waals surface area contributed by atoms with E-state index in [1.54, 1.807) is 12.1 Å². The molecule has 7 aromatic rings. The molecule has 0 N–H and O–H groups in total. The first-order valence-corrected chi connectivity index (χ1v) is 17.5. The number of aromatic nitrogens is 2. The number of hydrogen-bond donors (Lipinski definition) is 0. The summed E-state index contributed by atoms with van der Waals surface area (Å²) in [5.41, 5.74) is 15.8. The van der Waals surface area contributed by atoms with Crippen LogP contribution in [0.25, 0.3) is 79.8 Å². The van der Waals surface area contributed by atoms with Crippen molar-refractivity contribution in [2.45, 2.75) is 44.4 Å². The van der Waals surface area contributed by atoms with E-state index >= 15 is 0 Å². The summed E-state index contributed by atoms with van der Waals surface area (Å²) >= 11 is 0. The number of rotatable bonds is 4. The molecule has 0 unspecified atom stereocenters. The first kappa shape index (κ1) is 30.0. The summed E-state index contributed by atoms with van der Waals surface area (Å²) in [5.74, 6) is 0.573. The topological polar surface area (TPSA) is 62.7 Å². The van der Waals surface area contributed by atoms with Gasteiger partial charge in [-0.15, -0.1) is 0 Å². The number of fused-ring (bicyclic) bond motifs is 6. The van der Waals surface area contributed by atoms with Crippen LogP contribution in [-0.4, -0.2) is 9.97 Å². The largest absolute Gasteiger partial charge is 0.453 e. The summed E-state index contributed by atoms with van der Waals surface area (Å²) in [7, 11) is 0. The van der Waals surface area contributed by atoms with E-state index in [2.05, 4.69) is 104 Å². The van der Waals surface area contributed by atoms with Crippen LogP contribution in [0.3, 0.4) is 0 Å². The second kappa shape index (κ2) is 11.8. The molecule has 1 fully saturated rings. The quantitative estimate of drug-likeness (QED) is 0.191. The van der Waals surface area contributed by atoms with E-state index < -0.39 is 0 Å². The third-order valence-corrected chi connectivity index (χ3v) is 10.9. The highest BCUT2D eigenvalue weighted by Gasteiger charge is 2.45. The lowest BCUT2D eigenvalue weighted by Crippen LogP contribution is -2.28. The van der Waals surface area contributed by atoms with Crippen molar-refractivity contribution >= 4 is 23.8 Å². The molecule has 0 atom stereocenters. The summed E-state index contributed by atoms with van der Waals surface area (Å²) in [6.45, 7) is 6.11. The molecule has 0 saturated heterocycles. The highest BCUT2D eigenvalue weighted by Crippen LogP contribution is 2.58. The molecule has 9 rings (SSSR count). The van der Waals surface area contributed by atoms with Crippen LogP contribution in [0.4, 0.5) is 0 Å². The van der Waals surface area contributed by atoms with Crippen molar-refractivity contribution in [3.63, 3.8) is 0 Å². The molecule has 5 aromatic carbocycles. The molecule has 2 aliphatic carbocycles. The van der Waals surface area contributed by atoms with Crippen LogP contribution in [0, 0.1) is 11.3 Å². The van der Waals surface area contributed by atoms with Crippen molar-refractivity contribution in [1.29, 1.82) is 5.26 Å². The molecule has 50 heavy (non-hydrogen) atoms. The van der Waals surface area contributed by atoms with Crippen LogP contribution in [0.5, 0.6) is 0 Å². The molecule has 4 heteroatoms. The van der Waals surface area contributed by atoms with Gasteiger partial charge in [0.25, 0.3) is 0 Å². The van der Waals surface area contributed by atoms with Crippen molar-refractivity contribution in [3.05, 3.63) is 143 Å². The number of benzene rings is 5. The second-order valence-electron chi connectivity index (χ2n) is 13.6. The van der Waals surface area contributed by atoms with E-state index in [9.17, 15) is 5.26 Å². The van der Waals surface area contributed by atoms with Crippen LogP contribution < -0.4 is 10.6 Å². The van der Waals surface area contributed by atoms with Crippen molar-refractivity contribution in [2.75, 3.05) is 0 Å². The van der Waals surface area contributed by atoms with Crippen LogP contribution in [0.2, 0.25) is 0 Å². The van der Waals surface area contributed by atoms with Gasteiger partial charge in [-0.25, -0.2) is 9.97 Å². The van der Waals surface area contributed by atoms with Crippen molar-refractivity contribution in [1.82, 2.24) is 9.97 Å². The minimum atomic E-state index is 0.0996. The zero-order valence-electron chi connectivity index (χ0n) is 28.0. The maximum Gasteiger partial charge on any atom is 0.180 e. The Kier molecular flexibility index (Phi) is 7.10. The molecule has 0 amide bonds. The molecular formula is C46H35N3O. The fraction of sp³-hybridized carbons (Fsp3) is 0.152. The average Bonchev–Trinajstić information content (AvgIpc) is 3.65. The van der Waals surface area contributed by atoms with E-state index in [0.29, 0.717) is 28.1 Å². The molecule has 4 nitrogen and oxygen atoms in total. The Bertz CT molecular complexity index is 2600. The van der Waals surface area contributed by atoms with Gasteiger partial charge in [-0.3, -0.25) is 0 Å². The summed E-state index contributed by atoms with van der Waals surface area (Å²) in [6.07, 6.45) is 8.27. The maximum absolute atomic E-state index is 9.32. The molecule has 0 radical (unpaired) electrons. The van der Waals surface area contributed by atoms with E-state index in [0.717, 1.165) is 33.0 Å². The van der Waals surface area contributed by atoms with Gasteiger partial charge in [-0.05, 0) is 94.6 Å². The second-order valence-corrected chi connectivity index (χ2v) is 13.6. The van der Waals surface area contributed by atoms with Crippen LogP contribution in [0.15, 0.2) is 120 Å². The van der Waals surface area contributed by atoms with Crippen LogP contribution in [-0.2, 0) is 5.41 Å². The summed E-state index contributed by atoms with van der Waals surface area (Å²) in [5, 5.41) is 10.2. The molecule has 1 saturated carbocycles. The SMILES string of the molecule is C=c1oc2c(-c3cccc(-c4ccc(-c5cccc6c5C5(CCCCC5)c5ccccc5-6)cc4)c3)nc(-c3ccc(C#N)cc3)nc2/c1=C/C. The fourth-order valence-electron chi connectivity index (χ4n) is 8.52. The zero-order valence-corrected chi connectivity index (χ0v) is 28.0. The number of hydrogen-bond acceptors (Lipinski definition) is 4. The average molecular weight is 646 g/mol. The smallest absolute Gasteiger partial charge is 0.180 e. The predicted molar refractivity (Wildman–Crippen MR) is 202 cm³/mol. The Morgan fingerprint density at radius 1 is 0.700 bits per heavy atom. The van der Waals surface area contributed by atoms with Gasteiger partial charge in [0.2, 0.25) is 0 Å². The molecule has 1 spiro atoms. The zero-order chi connectivity index (χ0) is 33.8. The van der Waals surface area contributed by atoms with Gasteiger partial charge >= 0.3 is 0 Å². The van der Waals surface area contributed by atoms with Crippen molar-refractivity contribution in [3.8, 4) is 62.1 Å². The maximum atomic E-state index is 9.32. The monoisotopic (exact) mass is 645 g/mol. The summed E-state index contributed by atoms with van der Waals surface area (Å²) in [4.78, 5) is 9.94. The normalized spacial score (nSPS) is 14.8. The first-order valence-electron chi connectivity index (χ1n) is 17.5. The lowest BCUT2D eigenvalue weighted by molar-refractivity contribution is 0.353. The van der Waals surface area contributed by atoms with Gasteiger partial charge in [0, 0.05) is 21.8 Å². The van der Waals surface area contributed by atoms with E-state index in [-0.39, 0.29) is 5.41 Å².